The molecule has 4 heteroatoms. The third kappa shape index (κ3) is 5.30. The van der Waals surface area contributed by atoms with E-state index in [1.807, 2.05) is 13.8 Å². The van der Waals surface area contributed by atoms with Gasteiger partial charge in [0.25, 0.3) is 0 Å². The Bertz CT molecular complexity index is 447. The van der Waals surface area contributed by atoms with Gasteiger partial charge in [0.1, 0.15) is 0 Å². The minimum absolute atomic E-state index is 0.0150. The average molecular weight is 247 g/mol. The normalized spacial score (nSPS) is 10.8. The van der Waals surface area contributed by atoms with Gasteiger partial charge in [-0.1, -0.05) is 26.0 Å². The van der Waals surface area contributed by atoms with Crippen molar-refractivity contribution in [2.45, 2.75) is 20.3 Å². The Hall–Kier alpha value is -2.10. The van der Waals surface area contributed by atoms with Gasteiger partial charge in [0.05, 0.1) is 0 Å². The molecule has 0 unspecified atom stereocenters. The van der Waals surface area contributed by atoms with Crippen molar-refractivity contribution in [3.05, 3.63) is 35.9 Å². The minimum Gasteiger partial charge on any atom is -0.478 e. The van der Waals surface area contributed by atoms with Crippen LogP contribution >= 0.6 is 0 Å². The molecule has 0 saturated heterocycles. The van der Waals surface area contributed by atoms with Crippen molar-refractivity contribution in [3.63, 3.8) is 0 Å². The summed E-state index contributed by atoms with van der Waals surface area (Å²) in [4.78, 5) is 21.9. The number of anilines is 1. The number of hydrogen-bond acceptors (Lipinski definition) is 2. The average Bonchev–Trinajstić information content (AvgIpc) is 2.26. The molecule has 1 aromatic rings. The van der Waals surface area contributed by atoms with Gasteiger partial charge in [-0.05, 0) is 29.7 Å². The molecular formula is C14H17NO3. The van der Waals surface area contributed by atoms with Crippen LogP contribution in [0.15, 0.2) is 30.3 Å². The number of benzene rings is 1. The first-order chi connectivity index (χ1) is 8.47. The van der Waals surface area contributed by atoms with Crippen LogP contribution in [0.3, 0.4) is 0 Å². The molecule has 0 aliphatic carbocycles. The molecule has 0 radical (unpaired) electrons. The molecule has 0 spiro atoms. The lowest BCUT2D eigenvalue weighted by atomic mass is 10.1. The summed E-state index contributed by atoms with van der Waals surface area (Å²) in [7, 11) is 0. The van der Waals surface area contributed by atoms with Gasteiger partial charge in [-0.2, -0.15) is 0 Å². The van der Waals surface area contributed by atoms with Crippen molar-refractivity contribution in [3.8, 4) is 0 Å². The smallest absolute Gasteiger partial charge is 0.328 e. The molecule has 0 heterocycles. The summed E-state index contributed by atoms with van der Waals surface area (Å²) in [6.07, 6.45) is 3.06. The zero-order valence-electron chi connectivity index (χ0n) is 10.5. The van der Waals surface area contributed by atoms with Crippen LogP contribution in [0, 0.1) is 5.92 Å². The molecule has 0 aliphatic heterocycles. The molecule has 0 saturated carbocycles. The lowest BCUT2D eigenvalue weighted by Crippen LogP contribution is -2.13. The predicted molar refractivity (Wildman–Crippen MR) is 71.2 cm³/mol. The van der Waals surface area contributed by atoms with Gasteiger partial charge in [0.15, 0.2) is 0 Å². The molecule has 0 aromatic heterocycles. The molecule has 0 atom stereocenters. The van der Waals surface area contributed by atoms with E-state index in [0.717, 1.165) is 11.6 Å². The molecule has 1 rings (SSSR count). The van der Waals surface area contributed by atoms with Gasteiger partial charge in [-0.15, -0.1) is 0 Å². The molecule has 2 N–H and O–H groups in total. The zero-order chi connectivity index (χ0) is 13.5. The second kappa shape index (κ2) is 6.59. The Morgan fingerprint density at radius 1 is 1.28 bits per heavy atom. The van der Waals surface area contributed by atoms with Gasteiger partial charge in [-0.25, -0.2) is 4.79 Å². The number of hydrogen-bond donors (Lipinski definition) is 2. The van der Waals surface area contributed by atoms with Gasteiger partial charge >= 0.3 is 5.97 Å². The predicted octanol–water partition coefficient (Wildman–Crippen LogP) is 2.77. The molecule has 4 nitrogen and oxygen atoms in total. The van der Waals surface area contributed by atoms with Crippen molar-refractivity contribution in [2.24, 2.45) is 5.92 Å². The van der Waals surface area contributed by atoms with Crippen LogP contribution in [0.4, 0.5) is 5.69 Å². The fraction of sp³-hybridized carbons (Fsp3) is 0.286. The van der Waals surface area contributed by atoms with Crippen LogP contribution in [0.2, 0.25) is 0 Å². The van der Waals surface area contributed by atoms with Gasteiger partial charge in [-0.3, -0.25) is 4.79 Å². The van der Waals surface area contributed by atoms with E-state index in [1.54, 1.807) is 24.3 Å². The first kappa shape index (κ1) is 14.0. The second-order valence-electron chi connectivity index (χ2n) is 4.44. The second-order valence-corrected chi connectivity index (χ2v) is 4.44. The third-order valence-electron chi connectivity index (χ3n) is 2.21. The quantitative estimate of drug-likeness (QED) is 0.786. The minimum atomic E-state index is -0.982. The monoisotopic (exact) mass is 247 g/mol. The maximum Gasteiger partial charge on any atom is 0.328 e. The Balaban J connectivity index is 2.60. The number of rotatable bonds is 5. The number of aliphatic carboxylic acids is 1. The molecular weight excluding hydrogens is 230 g/mol. The summed E-state index contributed by atoms with van der Waals surface area (Å²) in [5, 5.41) is 11.3. The number of amides is 1. The Kier molecular flexibility index (Phi) is 5.11. The zero-order valence-corrected chi connectivity index (χ0v) is 10.5. The maximum absolute atomic E-state index is 11.5. The van der Waals surface area contributed by atoms with Crippen molar-refractivity contribution < 1.29 is 14.7 Å². The lowest BCUT2D eigenvalue weighted by molar-refractivity contribution is -0.131. The molecule has 1 aromatic carbocycles. The Morgan fingerprint density at radius 3 is 2.39 bits per heavy atom. The van der Waals surface area contributed by atoms with Gasteiger partial charge < -0.3 is 10.4 Å². The fourth-order valence-electron chi connectivity index (χ4n) is 1.43. The SMILES string of the molecule is CC(C)CC(=O)Nc1ccc(/C=C/C(=O)O)cc1. The molecule has 96 valence electrons. The Morgan fingerprint density at radius 2 is 1.89 bits per heavy atom. The van der Waals surface area contributed by atoms with Crippen LogP contribution in [0.5, 0.6) is 0 Å². The van der Waals surface area contributed by atoms with Crippen molar-refractivity contribution >= 4 is 23.6 Å². The summed E-state index contributed by atoms with van der Waals surface area (Å²) in [6.45, 7) is 3.97. The van der Waals surface area contributed by atoms with Crippen LogP contribution in [0.1, 0.15) is 25.8 Å². The highest BCUT2D eigenvalue weighted by Crippen LogP contribution is 2.12. The fourth-order valence-corrected chi connectivity index (χ4v) is 1.43. The van der Waals surface area contributed by atoms with Crippen LogP contribution in [0.25, 0.3) is 6.08 Å². The van der Waals surface area contributed by atoms with E-state index in [0.29, 0.717) is 18.0 Å². The Labute approximate surface area is 106 Å². The standard InChI is InChI=1S/C14H17NO3/c1-10(2)9-13(16)15-12-6-3-11(4-7-12)5-8-14(17)18/h3-8,10H,9H2,1-2H3,(H,15,16)(H,17,18)/b8-5+. The lowest BCUT2D eigenvalue weighted by Gasteiger charge is -2.07. The van der Waals surface area contributed by atoms with E-state index >= 15 is 0 Å². The number of nitrogens with one attached hydrogen (secondary N) is 1. The summed E-state index contributed by atoms with van der Waals surface area (Å²) >= 11 is 0. The van der Waals surface area contributed by atoms with E-state index in [-0.39, 0.29) is 5.91 Å². The highest BCUT2D eigenvalue weighted by atomic mass is 16.4. The highest BCUT2D eigenvalue weighted by Gasteiger charge is 2.04. The third-order valence-corrected chi connectivity index (χ3v) is 2.21. The molecule has 0 bridgehead atoms. The van der Waals surface area contributed by atoms with E-state index in [4.69, 9.17) is 5.11 Å². The first-order valence-corrected chi connectivity index (χ1v) is 5.78. The largest absolute Gasteiger partial charge is 0.478 e. The molecule has 0 fully saturated rings. The van der Waals surface area contributed by atoms with E-state index in [1.165, 1.54) is 6.08 Å². The van der Waals surface area contributed by atoms with E-state index < -0.39 is 5.97 Å². The van der Waals surface area contributed by atoms with Gasteiger partial charge in [0.2, 0.25) is 5.91 Å². The van der Waals surface area contributed by atoms with Crippen molar-refractivity contribution in [1.29, 1.82) is 0 Å². The van der Waals surface area contributed by atoms with Gasteiger partial charge in [0, 0.05) is 18.2 Å². The highest BCUT2D eigenvalue weighted by molar-refractivity contribution is 5.91. The number of carbonyl (C=O) groups excluding carboxylic acids is 1. The maximum atomic E-state index is 11.5. The van der Waals surface area contributed by atoms with Crippen LogP contribution < -0.4 is 5.32 Å². The van der Waals surface area contributed by atoms with Crippen LogP contribution in [-0.4, -0.2) is 17.0 Å². The molecule has 18 heavy (non-hydrogen) atoms. The molecule has 0 aliphatic rings. The number of carboxylic acids is 1. The van der Waals surface area contributed by atoms with Crippen molar-refractivity contribution in [2.75, 3.05) is 5.32 Å². The summed E-state index contributed by atoms with van der Waals surface area (Å²) < 4.78 is 0. The topological polar surface area (TPSA) is 66.4 Å². The first-order valence-electron chi connectivity index (χ1n) is 5.78. The summed E-state index contributed by atoms with van der Waals surface area (Å²) in [6, 6.07) is 7.01. The number of carbonyl (C=O) groups is 2. The van der Waals surface area contributed by atoms with E-state index in [2.05, 4.69) is 5.32 Å². The number of carboxylic acid groups (broad SMARTS) is 1. The summed E-state index contributed by atoms with van der Waals surface area (Å²) in [5.41, 5.74) is 1.49. The van der Waals surface area contributed by atoms with Crippen LogP contribution in [-0.2, 0) is 9.59 Å². The van der Waals surface area contributed by atoms with E-state index in [9.17, 15) is 9.59 Å². The van der Waals surface area contributed by atoms with Crippen molar-refractivity contribution in [1.82, 2.24) is 0 Å². The summed E-state index contributed by atoms with van der Waals surface area (Å²) in [5.74, 6) is -0.675. The molecule has 1 amide bonds.